The first kappa shape index (κ1) is 16.1. The van der Waals surface area contributed by atoms with Crippen LogP contribution in [0.3, 0.4) is 0 Å². The molecule has 0 aliphatic carbocycles. The predicted octanol–water partition coefficient (Wildman–Crippen LogP) is 4.16. The van der Waals surface area contributed by atoms with Crippen molar-refractivity contribution in [3.63, 3.8) is 0 Å². The maximum Gasteiger partial charge on any atom is 0.174 e. The molecule has 0 fully saturated rings. The van der Waals surface area contributed by atoms with Gasteiger partial charge in [0.1, 0.15) is 0 Å². The van der Waals surface area contributed by atoms with Crippen molar-refractivity contribution in [2.75, 3.05) is 14.2 Å². The molecule has 1 atom stereocenters. The molecule has 0 amide bonds. The Morgan fingerprint density at radius 1 is 1.10 bits per heavy atom. The maximum atomic E-state index is 5.39. The lowest BCUT2D eigenvalue weighted by molar-refractivity contribution is 0.352. The minimum atomic E-state index is 0.303. The fourth-order valence-electron chi connectivity index (χ4n) is 2.20. The van der Waals surface area contributed by atoms with Crippen molar-refractivity contribution in [3.05, 3.63) is 57.2 Å². The summed E-state index contributed by atoms with van der Waals surface area (Å²) >= 11 is 2.27. The molecule has 4 heteroatoms. The number of hydrogen-bond donors (Lipinski definition) is 1. The van der Waals surface area contributed by atoms with Crippen LogP contribution in [0.4, 0.5) is 0 Å². The van der Waals surface area contributed by atoms with Crippen molar-refractivity contribution in [3.8, 4) is 11.5 Å². The molecule has 0 spiro atoms. The Bertz CT molecular complexity index is 587. The monoisotopic (exact) mass is 397 g/mol. The van der Waals surface area contributed by atoms with Crippen LogP contribution < -0.4 is 14.8 Å². The number of nitrogens with one attached hydrogen (secondary N) is 1. The summed E-state index contributed by atoms with van der Waals surface area (Å²) < 4.78 is 11.8. The van der Waals surface area contributed by atoms with Gasteiger partial charge in [0.05, 0.1) is 17.8 Å². The average Bonchev–Trinajstić information content (AvgIpc) is 2.52. The Hall–Kier alpha value is -1.27. The summed E-state index contributed by atoms with van der Waals surface area (Å²) in [5.41, 5.74) is 2.47. The molecule has 0 heterocycles. The molecule has 0 saturated heterocycles. The molecule has 2 rings (SSSR count). The maximum absolute atomic E-state index is 5.39. The minimum absolute atomic E-state index is 0.303. The van der Waals surface area contributed by atoms with Crippen LogP contribution in [0.1, 0.15) is 24.1 Å². The molecule has 1 N–H and O–H groups in total. The molecule has 0 bridgehead atoms. The van der Waals surface area contributed by atoms with E-state index >= 15 is 0 Å². The van der Waals surface area contributed by atoms with Gasteiger partial charge in [0, 0.05) is 12.6 Å². The van der Waals surface area contributed by atoms with Gasteiger partial charge in [-0.3, -0.25) is 0 Å². The largest absolute Gasteiger partial charge is 0.493 e. The van der Waals surface area contributed by atoms with Crippen LogP contribution in [0.2, 0.25) is 0 Å². The molecule has 3 nitrogen and oxygen atoms in total. The highest BCUT2D eigenvalue weighted by Crippen LogP contribution is 2.33. The van der Waals surface area contributed by atoms with E-state index in [1.165, 1.54) is 11.1 Å². The van der Waals surface area contributed by atoms with E-state index in [0.29, 0.717) is 6.04 Å². The standard InChI is InChI=1S/C17H20INO2/c1-12(14-7-5-4-6-8-14)19-11-13-9-15(18)17(21-3)16(10-13)20-2/h4-10,12,19H,11H2,1-3H3/t12-/m0/s1. The van der Waals surface area contributed by atoms with Gasteiger partial charge in [-0.05, 0) is 52.8 Å². The highest BCUT2D eigenvalue weighted by molar-refractivity contribution is 14.1. The zero-order chi connectivity index (χ0) is 15.2. The molecule has 0 aliphatic heterocycles. The zero-order valence-electron chi connectivity index (χ0n) is 12.5. The highest BCUT2D eigenvalue weighted by Gasteiger charge is 2.11. The Kier molecular flexibility index (Phi) is 5.87. The van der Waals surface area contributed by atoms with Gasteiger partial charge in [-0.15, -0.1) is 0 Å². The van der Waals surface area contributed by atoms with Crippen LogP contribution >= 0.6 is 22.6 Å². The molecule has 2 aromatic rings. The van der Waals surface area contributed by atoms with E-state index in [0.717, 1.165) is 21.6 Å². The van der Waals surface area contributed by atoms with Crippen LogP contribution in [0.15, 0.2) is 42.5 Å². The van der Waals surface area contributed by atoms with Crippen molar-refractivity contribution < 1.29 is 9.47 Å². The Balaban J connectivity index is 2.08. The second-order valence-corrected chi connectivity index (χ2v) is 5.99. The molecule has 0 aliphatic rings. The van der Waals surface area contributed by atoms with E-state index in [-0.39, 0.29) is 0 Å². The van der Waals surface area contributed by atoms with Crippen LogP contribution in [0.25, 0.3) is 0 Å². The minimum Gasteiger partial charge on any atom is -0.493 e. The van der Waals surface area contributed by atoms with E-state index in [4.69, 9.17) is 9.47 Å². The van der Waals surface area contributed by atoms with E-state index in [2.05, 4.69) is 65.2 Å². The Morgan fingerprint density at radius 2 is 1.81 bits per heavy atom. The second-order valence-electron chi connectivity index (χ2n) is 4.83. The van der Waals surface area contributed by atoms with Crippen molar-refractivity contribution in [1.82, 2.24) is 5.32 Å². The molecule has 0 radical (unpaired) electrons. The summed E-state index contributed by atoms with van der Waals surface area (Å²) in [5, 5.41) is 3.53. The third-order valence-corrected chi connectivity index (χ3v) is 4.21. The molecule has 0 aromatic heterocycles. The lowest BCUT2D eigenvalue weighted by Gasteiger charge is -2.16. The zero-order valence-corrected chi connectivity index (χ0v) is 14.7. The molecular weight excluding hydrogens is 377 g/mol. The van der Waals surface area contributed by atoms with E-state index in [1.54, 1.807) is 14.2 Å². The SMILES string of the molecule is COc1cc(CN[C@@H](C)c2ccccc2)cc(I)c1OC. The van der Waals surface area contributed by atoms with Gasteiger partial charge in [-0.25, -0.2) is 0 Å². The van der Waals surface area contributed by atoms with Crippen molar-refractivity contribution in [2.45, 2.75) is 19.5 Å². The number of hydrogen-bond acceptors (Lipinski definition) is 3. The Labute approximate surface area is 139 Å². The predicted molar refractivity (Wildman–Crippen MR) is 94.0 cm³/mol. The van der Waals surface area contributed by atoms with Crippen LogP contribution in [-0.2, 0) is 6.54 Å². The number of benzene rings is 2. The van der Waals surface area contributed by atoms with Gasteiger partial charge in [0.2, 0.25) is 0 Å². The lowest BCUT2D eigenvalue weighted by Crippen LogP contribution is -2.18. The summed E-state index contributed by atoms with van der Waals surface area (Å²) in [4.78, 5) is 0. The summed E-state index contributed by atoms with van der Waals surface area (Å²) in [7, 11) is 3.33. The molecule has 0 unspecified atom stereocenters. The number of methoxy groups -OCH3 is 2. The molecule has 2 aromatic carbocycles. The smallest absolute Gasteiger partial charge is 0.174 e. The molecular formula is C17H20INO2. The van der Waals surface area contributed by atoms with Crippen molar-refractivity contribution in [2.24, 2.45) is 0 Å². The summed E-state index contributed by atoms with van der Waals surface area (Å²) in [6.45, 7) is 2.95. The van der Waals surface area contributed by atoms with Gasteiger partial charge >= 0.3 is 0 Å². The summed E-state index contributed by atoms with van der Waals surface area (Å²) in [6.07, 6.45) is 0. The van der Waals surface area contributed by atoms with E-state index in [1.807, 2.05) is 12.1 Å². The first-order valence-electron chi connectivity index (χ1n) is 6.84. The quantitative estimate of drug-likeness (QED) is 0.743. The number of halogens is 1. The molecule has 21 heavy (non-hydrogen) atoms. The second kappa shape index (κ2) is 7.66. The summed E-state index contributed by atoms with van der Waals surface area (Å²) in [5.74, 6) is 1.56. The van der Waals surface area contributed by atoms with Crippen molar-refractivity contribution in [1.29, 1.82) is 0 Å². The lowest BCUT2D eigenvalue weighted by atomic mass is 10.1. The Morgan fingerprint density at radius 3 is 2.43 bits per heavy atom. The molecule has 112 valence electrons. The first-order chi connectivity index (χ1) is 10.2. The van der Waals surface area contributed by atoms with Gasteiger partial charge in [0.15, 0.2) is 11.5 Å². The fraction of sp³-hybridized carbons (Fsp3) is 0.294. The molecule has 0 saturated carbocycles. The fourth-order valence-corrected chi connectivity index (χ4v) is 3.09. The summed E-state index contributed by atoms with van der Waals surface area (Å²) in [6, 6.07) is 14.9. The number of rotatable bonds is 6. The van der Waals surface area contributed by atoms with Crippen LogP contribution in [0, 0.1) is 3.57 Å². The van der Waals surface area contributed by atoms with Crippen molar-refractivity contribution >= 4 is 22.6 Å². The van der Waals surface area contributed by atoms with Gasteiger partial charge in [-0.2, -0.15) is 0 Å². The third-order valence-electron chi connectivity index (χ3n) is 3.41. The van der Waals surface area contributed by atoms with Gasteiger partial charge in [-0.1, -0.05) is 30.3 Å². The topological polar surface area (TPSA) is 30.5 Å². The first-order valence-corrected chi connectivity index (χ1v) is 7.92. The van der Waals surface area contributed by atoms with Gasteiger partial charge in [0.25, 0.3) is 0 Å². The van der Waals surface area contributed by atoms with E-state index in [9.17, 15) is 0 Å². The van der Waals surface area contributed by atoms with Crippen LogP contribution in [0.5, 0.6) is 11.5 Å². The third kappa shape index (κ3) is 4.11. The van der Waals surface area contributed by atoms with Crippen LogP contribution in [-0.4, -0.2) is 14.2 Å². The van der Waals surface area contributed by atoms with E-state index < -0.39 is 0 Å². The average molecular weight is 397 g/mol. The number of ether oxygens (including phenoxy) is 2. The highest BCUT2D eigenvalue weighted by atomic mass is 127. The van der Waals surface area contributed by atoms with Gasteiger partial charge < -0.3 is 14.8 Å². The normalized spacial score (nSPS) is 12.0.